The van der Waals surface area contributed by atoms with Gasteiger partial charge in [-0.3, -0.25) is 5.73 Å². The molecule has 1 aliphatic carbocycles. The number of hydrogen-bond donors (Lipinski definition) is 2. The Hall–Kier alpha value is -2.41. The van der Waals surface area contributed by atoms with Crippen molar-refractivity contribution in [2.24, 2.45) is 22.0 Å². The Morgan fingerprint density at radius 2 is 2.00 bits per heavy atom. The number of nitrogens with one attached hydrogen (secondary N) is 1. The molecule has 2 heterocycles. The van der Waals surface area contributed by atoms with Crippen LogP contribution in [0.1, 0.15) is 19.4 Å². The summed E-state index contributed by atoms with van der Waals surface area (Å²) in [7, 11) is 0. The van der Waals surface area contributed by atoms with Crippen LogP contribution in [0.15, 0.2) is 30.3 Å². The van der Waals surface area contributed by atoms with Crippen molar-refractivity contribution >= 4 is 5.84 Å². The Morgan fingerprint density at radius 3 is 2.54 bits per heavy atom. The van der Waals surface area contributed by atoms with Crippen LogP contribution in [0.5, 0.6) is 0 Å². The van der Waals surface area contributed by atoms with Crippen LogP contribution in [0.2, 0.25) is 0 Å². The lowest BCUT2D eigenvalue weighted by Gasteiger charge is -2.27. The number of nitriles is 2. The highest BCUT2D eigenvalue weighted by Gasteiger charge is 3.02. The van der Waals surface area contributed by atoms with E-state index in [-0.39, 0.29) is 11.9 Å². The number of rotatable bonds is 2. The molecule has 1 spiro atoms. The van der Waals surface area contributed by atoms with E-state index < -0.39 is 22.2 Å². The lowest BCUT2D eigenvalue weighted by atomic mass is 9.85. The van der Waals surface area contributed by atoms with Gasteiger partial charge in [0.25, 0.3) is 5.84 Å². The van der Waals surface area contributed by atoms with Crippen LogP contribution in [-0.4, -0.2) is 24.5 Å². The Labute approximate surface area is 140 Å². The van der Waals surface area contributed by atoms with E-state index in [9.17, 15) is 10.5 Å². The molecular formula is C18H19N4O2+. The lowest BCUT2D eigenvalue weighted by molar-refractivity contribution is -0.680. The minimum absolute atomic E-state index is 0.174. The third-order valence-corrected chi connectivity index (χ3v) is 5.98. The molecule has 5 atom stereocenters. The zero-order valence-electron chi connectivity index (χ0n) is 13.7. The van der Waals surface area contributed by atoms with Gasteiger partial charge < -0.3 is 9.47 Å². The van der Waals surface area contributed by atoms with E-state index in [0.717, 1.165) is 5.56 Å². The fourth-order valence-electron chi connectivity index (χ4n) is 4.92. The summed E-state index contributed by atoms with van der Waals surface area (Å²) in [6.45, 7) is 4.16. The van der Waals surface area contributed by atoms with Gasteiger partial charge >= 0.3 is 5.91 Å². The zero-order valence-corrected chi connectivity index (χ0v) is 13.7. The van der Waals surface area contributed by atoms with Crippen molar-refractivity contribution in [2.45, 2.75) is 32.3 Å². The van der Waals surface area contributed by atoms with Crippen LogP contribution >= 0.6 is 0 Å². The standard InChI is InChI=1S/C18H18N4O2/c1-12-9-23-18(24-12)17(11-20)15(2,8-13-6-4-3-5-7-13)16(17,10-19)14(21)22-18/h3-7,12H,8-9H2,1-2H3,(H2,21,22)/p+1/t12-,15-,16-,17+,18+/m0/s1. The summed E-state index contributed by atoms with van der Waals surface area (Å²) < 4.78 is 11.9. The first-order valence-electron chi connectivity index (χ1n) is 8.02. The van der Waals surface area contributed by atoms with Crippen molar-refractivity contribution < 1.29 is 14.5 Å². The third kappa shape index (κ3) is 1.28. The minimum Gasteiger partial charge on any atom is -0.311 e. The van der Waals surface area contributed by atoms with E-state index in [1.807, 2.05) is 44.2 Å². The van der Waals surface area contributed by atoms with Crippen molar-refractivity contribution in [1.82, 2.24) is 0 Å². The Balaban J connectivity index is 1.87. The second kappa shape index (κ2) is 4.36. The van der Waals surface area contributed by atoms with Crippen LogP contribution < -0.4 is 10.7 Å². The first kappa shape index (κ1) is 15.1. The third-order valence-electron chi connectivity index (χ3n) is 5.98. The summed E-state index contributed by atoms with van der Waals surface area (Å²) in [6, 6.07) is 14.5. The van der Waals surface area contributed by atoms with E-state index in [2.05, 4.69) is 17.1 Å². The van der Waals surface area contributed by atoms with Crippen LogP contribution in [0.3, 0.4) is 0 Å². The molecule has 1 saturated heterocycles. The van der Waals surface area contributed by atoms with Gasteiger partial charge in [-0.1, -0.05) is 37.3 Å². The maximum Gasteiger partial charge on any atom is 0.343 e. The molecule has 1 aromatic rings. The molecule has 0 aromatic heterocycles. The first-order chi connectivity index (χ1) is 11.4. The molecule has 122 valence electrons. The smallest absolute Gasteiger partial charge is 0.311 e. The van der Waals surface area contributed by atoms with Crippen molar-refractivity contribution in [3.63, 3.8) is 0 Å². The van der Waals surface area contributed by atoms with Gasteiger partial charge in [0, 0.05) is 5.41 Å². The average molecular weight is 323 g/mol. The summed E-state index contributed by atoms with van der Waals surface area (Å²) >= 11 is 0. The highest BCUT2D eigenvalue weighted by atomic mass is 16.8. The molecule has 4 rings (SSSR count). The molecule has 2 aliphatic heterocycles. The van der Waals surface area contributed by atoms with Crippen molar-refractivity contribution in [2.75, 3.05) is 6.61 Å². The van der Waals surface area contributed by atoms with E-state index in [0.29, 0.717) is 13.0 Å². The van der Waals surface area contributed by atoms with E-state index in [1.54, 1.807) is 0 Å². The molecule has 6 heteroatoms. The zero-order chi connectivity index (χ0) is 17.2. The van der Waals surface area contributed by atoms with Crippen LogP contribution in [0.4, 0.5) is 0 Å². The quantitative estimate of drug-likeness (QED) is 0.784. The summed E-state index contributed by atoms with van der Waals surface area (Å²) in [5.74, 6) is -1.09. The normalized spacial score (nSPS) is 45.3. The molecule has 1 saturated carbocycles. The van der Waals surface area contributed by atoms with Gasteiger partial charge in [0.05, 0.1) is 24.8 Å². The fourth-order valence-corrected chi connectivity index (χ4v) is 4.92. The molecule has 2 fully saturated rings. The minimum atomic E-state index is -1.36. The molecule has 6 nitrogen and oxygen atoms in total. The highest BCUT2D eigenvalue weighted by molar-refractivity contribution is 5.95. The first-order valence-corrected chi connectivity index (χ1v) is 8.02. The lowest BCUT2D eigenvalue weighted by Crippen LogP contribution is -2.90. The molecular weight excluding hydrogens is 304 g/mol. The van der Waals surface area contributed by atoms with Crippen LogP contribution in [0, 0.1) is 38.9 Å². The summed E-state index contributed by atoms with van der Waals surface area (Å²) in [5, 5.41) is 20.1. The maximum absolute atomic E-state index is 10.1. The SMILES string of the molecule is C[C@H]1CO[C@@]2([NH+]=C(N)[C@@]3(C#N)[C@](C)(Cc4ccccc4)[C@@]23C#N)O1. The van der Waals surface area contributed by atoms with Gasteiger partial charge in [0.2, 0.25) is 0 Å². The number of benzene rings is 1. The summed E-state index contributed by atoms with van der Waals surface area (Å²) in [5.41, 5.74) is 4.24. The molecule has 1 aromatic carbocycles. The number of nitrogens with two attached hydrogens (primary N) is 1. The monoisotopic (exact) mass is 323 g/mol. The predicted octanol–water partition coefficient (Wildman–Crippen LogP) is -0.191. The van der Waals surface area contributed by atoms with Gasteiger partial charge in [-0.15, -0.1) is 0 Å². The Kier molecular flexibility index (Phi) is 2.75. The number of hydrogen-bond acceptors (Lipinski definition) is 5. The van der Waals surface area contributed by atoms with Crippen LogP contribution in [0.25, 0.3) is 0 Å². The highest BCUT2D eigenvalue weighted by Crippen LogP contribution is 2.83. The van der Waals surface area contributed by atoms with Gasteiger partial charge in [0.15, 0.2) is 10.8 Å². The topological polar surface area (TPSA) is 106 Å². The molecule has 0 amide bonds. The van der Waals surface area contributed by atoms with E-state index >= 15 is 0 Å². The molecule has 24 heavy (non-hydrogen) atoms. The van der Waals surface area contributed by atoms with Crippen molar-refractivity contribution in [3.8, 4) is 12.1 Å². The largest absolute Gasteiger partial charge is 0.343 e. The molecule has 0 bridgehead atoms. The number of ether oxygens (including phenoxy) is 2. The average Bonchev–Trinajstić information content (AvgIpc) is 2.77. The summed E-state index contributed by atoms with van der Waals surface area (Å²) in [6.07, 6.45) is 0.367. The number of amidine groups is 1. The fraction of sp³-hybridized carbons (Fsp3) is 0.500. The predicted molar refractivity (Wildman–Crippen MR) is 83.7 cm³/mol. The Morgan fingerprint density at radius 1 is 1.29 bits per heavy atom. The second-order valence-corrected chi connectivity index (χ2v) is 7.11. The maximum atomic E-state index is 10.1. The van der Waals surface area contributed by atoms with E-state index in [1.165, 1.54) is 0 Å². The van der Waals surface area contributed by atoms with Crippen molar-refractivity contribution in [3.05, 3.63) is 35.9 Å². The van der Waals surface area contributed by atoms with E-state index in [4.69, 9.17) is 15.2 Å². The van der Waals surface area contributed by atoms with Crippen LogP contribution in [-0.2, 0) is 15.9 Å². The second-order valence-electron chi connectivity index (χ2n) is 7.11. The number of nitrogens with zero attached hydrogens (tertiary/aromatic N) is 2. The van der Waals surface area contributed by atoms with Crippen molar-refractivity contribution in [1.29, 1.82) is 10.5 Å². The van der Waals surface area contributed by atoms with Gasteiger partial charge in [-0.2, -0.15) is 10.5 Å². The molecule has 0 radical (unpaired) electrons. The Bertz CT molecular complexity index is 826. The van der Waals surface area contributed by atoms with Gasteiger partial charge in [-0.25, -0.2) is 4.99 Å². The van der Waals surface area contributed by atoms with Gasteiger partial charge in [-0.05, 0) is 18.9 Å². The molecule has 3 N–H and O–H groups in total. The molecule has 3 aliphatic rings. The molecule has 0 unspecified atom stereocenters. The number of fused-ring (bicyclic) bond motifs is 2. The van der Waals surface area contributed by atoms with Gasteiger partial charge in [0.1, 0.15) is 0 Å². The summed E-state index contributed by atoms with van der Waals surface area (Å²) in [4.78, 5) is 2.99.